The minimum absolute atomic E-state index is 0.307. The van der Waals surface area contributed by atoms with Crippen LogP contribution in [0, 0.1) is 5.92 Å². The summed E-state index contributed by atoms with van der Waals surface area (Å²) in [5, 5.41) is 10.2. The van der Waals surface area contributed by atoms with E-state index >= 15 is 0 Å². The molecule has 1 saturated heterocycles. The molecule has 1 N–H and O–H groups in total. The van der Waals surface area contributed by atoms with E-state index in [0.717, 1.165) is 25.2 Å². The van der Waals surface area contributed by atoms with Crippen LogP contribution in [0.1, 0.15) is 28.8 Å². The molecule has 102 valence electrons. The summed E-state index contributed by atoms with van der Waals surface area (Å²) in [6.07, 6.45) is 2.36. The number of esters is 1. The summed E-state index contributed by atoms with van der Waals surface area (Å²) in [5.74, 6) is 0.226. The highest BCUT2D eigenvalue weighted by atomic mass is 16.5. The van der Waals surface area contributed by atoms with Gasteiger partial charge in [0.1, 0.15) is 0 Å². The van der Waals surface area contributed by atoms with Crippen molar-refractivity contribution in [2.75, 3.05) is 20.2 Å². The first-order chi connectivity index (χ1) is 9.10. The van der Waals surface area contributed by atoms with Gasteiger partial charge in [-0.1, -0.05) is 12.1 Å². The first-order valence-electron chi connectivity index (χ1n) is 6.73. The lowest BCUT2D eigenvalue weighted by atomic mass is 9.88. The average Bonchev–Trinajstić information content (AvgIpc) is 3.21. The molecule has 1 aliphatic heterocycles. The van der Waals surface area contributed by atoms with Crippen molar-refractivity contribution in [2.45, 2.75) is 25.0 Å². The largest absolute Gasteiger partial charge is 0.465 e. The third-order valence-corrected chi connectivity index (χ3v) is 4.11. The molecule has 1 aromatic carbocycles. The second kappa shape index (κ2) is 4.62. The predicted molar refractivity (Wildman–Crippen MR) is 70.7 cm³/mol. The number of benzene rings is 1. The number of carbonyl (C=O) groups excluding carboxylic acids is 1. The Bertz CT molecular complexity index is 473. The molecule has 4 heteroatoms. The van der Waals surface area contributed by atoms with E-state index in [0.29, 0.717) is 11.5 Å². The summed E-state index contributed by atoms with van der Waals surface area (Å²) in [5.41, 5.74) is 1.31. The number of nitrogens with zero attached hydrogens (tertiary/aromatic N) is 1. The van der Waals surface area contributed by atoms with Gasteiger partial charge in [0.25, 0.3) is 0 Å². The Labute approximate surface area is 113 Å². The maximum absolute atomic E-state index is 11.3. The van der Waals surface area contributed by atoms with Gasteiger partial charge in [0, 0.05) is 19.6 Å². The number of aliphatic hydroxyl groups is 1. The lowest BCUT2D eigenvalue weighted by Gasteiger charge is -2.47. The van der Waals surface area contributed by atoms with Gasteiger partial charge in [0.15, 0.2) is 0 Å². The molecule has 0 unspecified atom stereocenters. The first-order valence-corrected chi connectivity index (χ1v) is 6.73. The molecule has 0 bridgehead atoms. The number of rotatable bonds is 4. The topological polar surface area (TPSA) is 49.8 Å². The Balaban J connectivity index is 1.55. The lowest BCUT2D eigenvalue weighted by molar-refractivity contribution is -0.116. The quantitative estimate of drug-likeness (QED) is 0.833. The number of likely N-dealkylation sites (tertiary alicyclic amines) is 1. The van der Waals surface area contributed by atoms with Gasteiger partial charge >= 0.3 is 5.97 Å². The maximum Gasteiger partial charge on any atom is 0.337 e. The van der Waals surface area contributed by atoms with E-state index in [9.17, 15) is 9.90 Å². The fourth-order valence-corrected chi connectivity index (χ4v) is 2.84. The molecule has 1 aromatic rings. The average molecular weight is 261 g/mol. The van der Waals surface area contributed by atoms with E-state index < -0.39 is 5.60 Å². The van der Waals surface area contributed by atoms with E-state index in [4.69, 9.17) is 0 Å². The van der Waals surface area contributed by atoms with Crippen molar-refractivity contribution in [1.82, 2.24) is 4.90 Å². The number of hydrogen-bond donors (Lipinski definition) is 1. The van der Waals surface area contributed by atoms with Gasteiger partial charge < -0.3 is 9.84 Å². The van der Waals surface area contributed by atoms with Crippen LogP contribution in [0.5, 0.6) is 0 Å². The lowest BCUT2D eigenvalue weighted by Crippen LogP contribution is -2.62. The van der Waals surface area contributed by atoms with Crippen LogP contribution in [0.3, 0.4) is 0 Å². The highest BCUT2D eigenvalue weighted by Gasteiger charge is 2.51. The van der Waals surface area contributed by atoms with Gasteiger partial charge in [-0.3, -0.25) is 4.90 Å². The minimum atomic E-state index is -0.425. The number of carbonyl (C=O) groups is 1. The maximum atomic E-state index is 11.3. The monoisotopic (exact) mass is 261 g/mol. The standard InChI is InChI=1S/C15H19NO3/c1-19-14(17)12-4-2-11(3-5-12)8-16-9-15(18,10-16)13-6-7-13/h2-5,13,18H,6-10H2,1H3. The second-order valence-electron chi connectivity index (χ2n) is 5.71. The van der Waals surface area contributed by atoms with E-state index in [-0.39, 0.29) is 5.97 Å². The summed E-state index contributed by atoms with van der Waals surface area (Å²) in [4.78, 5) is 13.6. The fourth-order valence-electron chi connectivity index (χ4n) is 2.84. The molecule has 1 saturated carbocycles. The van der Waals surface area contributed by atoms with Crippen LogP contribution in [0.25, 0.3) is 0 Å². The number of β-amino-alcohol motifs (C(OH)–C–C–N with tert-alkyl or cyclic N) is 1. The summed E-state index contributed by atoms with van der Waals surface area (Å²) < 4.78 is 4.67. The molecule has 4 nitrogen and oxygen atoms in total. The summed E-state index contributed by atoms with van der Waals surface area (Å²) in [6, 6.07) is 7.46. The van der Waals surface area contributed by atoms with Crippen LogP contribution >= 0.6 is 0 Å². The van der Waals surface area contributed by atoms with Gasteiger partial charge in [0.2, 0.25) is 0 Å². The van der Waals surface area contributed by atoms with E-state index in [2.05, 4.69) is 9.64 Å². The molecule has 0 spiro atoms. The zero-order valence-corrected chi connectivity index (χ0v) is 11.1. The zero-order chi connectivity index (χ0) is 13.5. The first kappa shape index (κ1) is 12.6. The Kier molecular flexibility index (Phi) is 3.07. The van der Waals surface area contributed by atoms with E-state index in [1.807, 2.05) is 12.1 Å². The van der Waals surface area contributed by atoms with Crippen LogP contribution in [-0.2, 0) is 11.3 Å². The minimum Gasteiger partial charge on any atom is -0.465 e. The van der Waals surface area contributed by atoms with Crippen molar-refractivity contribution >= 4 is 5.97 Å². The van der Waals surface area contributed by atoms with Crippen molar-refractivity contribution in [3.05, 3.63) is 35.4 Å². The third-order valence-electron chi connectivity index (χ3n) is 4.11. The van der Waals surface area contributed by atoms with Crippen molar-refractivity contribution in [3.63, 3.8) is 0 Å². The highest BCUT2D eigenvalue weighted by molar-refractivity contribution is 5.89. The normalized spacial score (nSPS) is 21.8. The summed E-state index contributed by atoms with van der Waals surface area (Å²) >= 11 is 0. The summed E-state index contributed by atoms with van der Waals surface area (Å²) in [7, 11) is 1.38. The van der Waals surface area contributed by atoms with Crippen LogP contribution in [0.2, 0.25) is 0 Å². The van der Waals surface area contributed by atoms with E-state index in [1.165, 1.54) is 20.0 Å². The predicted octanol–water partition coefficient (Wildman–Crippen LogP) is 1.43. The molecule has 1 aliphatic carbocycles. The van der Waals surface area contributed by atoms with Crippen molar-refractivity contribution in [1.29, 1.82) is 0 Å². The van der Waals surface area contributed by atoms with Crippen LogP contribution in [-0.4, -0.2) is 41.8 Å². The van der Waals surface area contributed by atoms with Crippen molar-refractivity contribution in [2.24, 2.45) is 5.92 Å². The Morgan fingerprint density at radius 3 is 2.53 bits per heavy atom. The van der Waals surface area contributed by atoms with Crippen LogP contribution in [0.15, 0.2) is 24.3 Å². The van der Waals surface area contributed by atoms with Crippen LogP contribution in [0.4, 0.5) is 0 Å². The molecule has 2 aliphatic rings. The van der Waals surface area contributed by atoms with Crippen molar-refractivity contribution in [3.8, 4) is 0 Å². The number of ether oxygens (including phenoxy) is 1. The molecule has 2 fully saturated rings. The molecule has 1 heterocycles. The molecule has 0 radical (unpaired) electrons. The molecule has 0 aromatic heterocycles. The smallest absolute Gasteiger partial charge is 0.337 e. The number of methoxy groups -OCH3 is 1. The van der Waals surface area contributed by atoms with Gasteiger partial charge in [-0.15, -0.1) is 0 Å². The van der Waals surface area contributed by atoms with Crippen molar-refractivity contribution < 1.29 is 14.6 Å². The van der Waals surface area contributed by atoms with E-state index in [1.54, 1.807) is 12.1 Å². The second-order valence-corrected chi connectivity index (χ2v) is 5.71. The summed E-state index contributed by atoms with van der Waals surface area (Å²) in [6.45, 7) is 2.38. The Morgan fingerprint density at radius 2 is 2.00 bits per heavy atom. The fraction of sp³-hybridized carbons (Fsp3) is 0.533. The highest BCUT2D eigenvalue weighted by Crippen LogP contribution is 2.44. The SMILES string of the molecule is COC(=O)c1ccc(CN2CC(O)(C3CC3)C2)cc1. The molecule has 0 amide bonds. The third kappa shape index (κ3) is 2.51. The van der Waals surface area contributed by atoms with Gasteiger partial charge in [-0.25, -0.2) is 4.79 Å². The Morgan fingerprint density at radius 1 is 1.37 bits per heavy atom. The molecular formula is C15H19NO3. The van der Waals surface area contributed by atoms with Gasteiger partial charge in [0.05, 0.1) is 18.3 Å². The molecular weight excluding hydrogens is 242 g/mol. The van der Waals surface area contributed by atoms with Gasteiger partial charge in [-0.05, 0) is 36.5 Å². The number of hydrogen-bond acceptors (Lipinski definition) is 4. The molecule has 19 heavy (non-hydrogen) atoms. The molecule has 0 atom stereocenters. The van der Waals surface area contributed by atoms with Crippen LogP contribution < -0.4 is 0 Å². The zero-order valence-electron chi connectivity index (χ0n) is 11.1. The Hall–Kier alpha value is -1.39. The van der Waals surface area contributed by atoms with Gasteiger partial charge in [-0.2, -0.15) is 0 Å². The molecule has 3 rings (SSSR count).